The maximum atomic E-state index is 12.8. The second-order valence-electron chi connectivity index (χ2n) is 8.24. The number of hydrogen-bond donors (Lipinski definition) is 1. The van der Waals surface area contributed by atoms with Crippen LogP contribution in [0.2, 0.25) is 0 Å². The van der Waals surface area contributed by atoms with Gasteiger partial charge in [0.05, 0.1) is 0 Å². The number of ketones is 1. The molecule has 4 unspecified atom stereocenters. The van der Waals surface area contributed by atoms with E-state index in [9.17, 15) is 9.59 Å². The lowest BCUT2D eigenvalue weighted by Gasteiger charge is -2.28. The van der Waals surface area contributed by atoms with Gasteiger partial charge in [-0.3, -0.25) is 9.59 Å². The number of carbonyl (C=O) groups is 2. The summed E-state index contributed by atoms with van der Waals surface area (Å²) >= 11 is 0. The van der Waals surface area contributed by atoms with E-state index in [0.717, 1.165) is 28.5 Å². The Hall–Kier alpha value is -2.42. The van der Waals surface area contributed by atoms with E-state index < -0.39 is 0 Å². The summed E-state index contributed by atoms with van der Waals surface area (Å²) in [5.74, 6) is 2.23. The van der Waals surface area contributed by atoms with Crippen LogP contribution in [0.15, 0.2) is 42.5 Å². The summed E-state index contributed by atoms with van der Waals surface area (Å²) in [6.45, 7) is 2.14. The molecule has 132 valence electrons. The molecule has 0 saturated heterocycles. The molecule has 2 aromatic carbocycles. The molecule has 3 aliphatic rings. The minimum absolute atomic E-state index is 0.0198. The Bertz CT molecular complexity index is 916. The number of carbonyl (C=O) groups excluding carboxylic acids is 2. The zero-order valence-electron chi connectivity index (χ0n) is 15.0. The molecule has 0 aliphatic heterocycles. The molecular weight excluding hydrogens is 322 g/mol. The lowest BCUT2D eigenvalue weighted by atomic mass is 9.84. The van der Waals surface area contributed by atoms with Crippen molar-refractivity contribution >= 4 is 11.7 Å². The minimum Gasteiger partial charge on any atom is -0.349 e. The third-order valence-electron chi connectivity index (χ3n) is 6.78. The van der Waals surface area contributed by atoms with Gasteiger partial charge in [-0.2, -0.15) is 0 Å². The van der Waals surface area contributed by atoms with Crippen LogP contribution in [0.25, 0.3) is 11.1 Å². The van der Waals surface area contributed by atoms with Crippen LogP contribution >= 0.6 is 0 Å². The van der Waals surface area contributed by atoms with E-state index in [0.29, 0.717) is 17.0 Å². The molecule has 0 aromatic heterocycles. The molecular formula is C23H23NO2. The Labute approximate surface area is 153 Å². The predicted octanol–water partition coefficient (Wildman–Crippen LogP) is 4.45. The Morgan fingerprint density at radius 2 is 1.77 bits per heavy atom. The quantitative estimate of drug-likeness (QED) is 0.762. The summed E-state index contributed by atoms with van der Waals surface area (Å²) in [6.07, 6.45) is 5.29. The monoisotopic (exact) mass is 345 g/mol. The topological polar surface area (TPSA) is 46.2 Å². The second-order valence-corrected chi connectivity index (χ2v) is 8.24. The van der Waals surface area contributed by atoms with Crippen LogP contribution < -0.4 is 5.32 Å². The standard InChI is InChI=1S/C23H23NO2/c1-13(20-11-14-6-7-15(20)10-14)24-23(26)16-8-9-18-17-4-2-3-5-19(17)22(25)21(18)12-16/h2-5,8-9,12-15,20H,6-7,10-11H2,1H3,(H,24,26). The van der Waals surface area contributed by atoms with Crippen molar-refractivity contribution in [2.75, 3.05) is 0 Å². The van der Waals surface area contributed by atoms with Crippen molar-refractivity contribution in [1.82, 2.24) is 5.32 Å². The molecule has 2 saturated carbocycles. The molecule has 2 bridgehead atoms. The van der Waals surface area contributed by atoms with E-state index in [1.54, 1.807) is 6.07 Å². The fourth-order valence-electron chi connectivity index (χ4n) is 5.47. The highest BCUT2D eigenvalue weighted by Crippen LogP contribution is 2.49. The highest BCUT2D eigenvalue weighted by atomic mass is 16.1. The SMILES string of the molecule is CC(NC(=O)c1ccc2c(c1)C(=O)c1ccccc1-2)C1CC2CCC1C2. The lowest BCUT2D eigenvalue weighted by Crippen LogP contribution is -2.40. The molecule has 0 spiro atoms. The molecule has 3 heteroatoms. The number of rotatable bonds is 3. The Morgan fingerprint density at radius 1 is 1.00 bits per heavy atom. The summed E-state index contributed by atoms with van der Waals surface area (Å²) in [5, 5.41) is 3.20. The van der Waals surface area contributed by atoms with Gasteiger partial charge < -0.3 is 5.32 Å². The van der Waals surface area contributed by atoms with Crippen molar-refractivity contribution in [2.24, 2.45) is 17.8 Å². The van der Waals surface area contributed by atoms with Crippen molar-refractivity contribution in [3.63, 3.8) is 0 Å². The van der Waals surface area contributed by atoms with Crippen molar-refractivity contribution in [3.05, 3.63) is 59.2 Å². The third-order valence-corrected chi connectivity index (χ3v) is 6.78. The largest absolute Gasteiger partial charge is 0.349 e. The van der Waals surface area contributed by atoms with Crippen LogP contribution in [0, 0.1) is 17.8 Å². The zero-order chi connectivity index (χ0) is 17.8. The summed E-state index contributed by atoms with van der Waals surface area (Å²) in [6, 6.07) is 13.4. The van der Waals surface area contributed by atoms with Gasteiger partial charge in [0, 0.05) is 22.7 Å². The van der Waals surface area contributed by atoms with Crippen LogP contribution in [-0.4, -0.2) is 17.7 Å². The van der Waals surface area contributed by atoms with E-state index in [1.807, 2.05) is 36.4 Å². The zero-order valence-corrected chi connectivity index (χ0v) is 15.0. The van der Waals surface area contributed by atoms with Gasteiger partial charge in [0.25, 0.3) is 5.91 Å². The number of nitrogens with one attached hydrogen (secondary N) is 1. The molecule has 26 heavy (non-hydrogen) atoms. The van der Waals surface area contributed by atoms with Gasteiger partial charge in [-0.05, 0) is 67.2 Å². The minimum atomic E-state index is -0.0631. The molecule has 3 nitrogen and oxygen atoms in total. The van der Waals surface area contributed by atoms with Gasteiger partial charge in [0.1, 0.15) is 0 Å². The normalized spacial score (nSPS) is 26.5. The van der Waals surface area contributed by atoms with Crippen molar-refractivity contribution in [2.45, 2.75) is 38.6 Å². The Balaban J connectivity index is 1.37. The van der Waals surface area contributed by atoms with Gasteiger partial charge in [0.2, 0.25) is 0 Å². The molecule has 2 fully saturated rings. The van der Waals surface area contributed by atoms with E-state index >= 15 is 0 Å². The van der Waals surface area contributed by atoms with E-state index in [4.69, 9.17) is 0 Å². The first kappa shape index (κ1) is 15.8. The first-order valence-electron chi connectivity index (χ1n) is 9.71. The maximum Gasteiger partial charge on any atom is 0.251 e. The van der Waals surface area contributed by atoms with E-state index in [-0.39, 0.29) is 17.7 Å². The number of amides is 1. The highest BCUT2D eigenvalue weighted by Gasteiger charge is 2.42. The molecule has 2 aromatic rings. The van der Waals surface area contributed by atoms with Crippen molar-refractivity contribution in [1.29, 1.82) is 0 Å². The lowest BCUT2D eigenvalue weighted by molar-refractivity contribution is 0.0915. The average Bonchev–Trinajstić information content (AvgIpc) is 3.36. The second kappa shape index (κ2) is 5.80. The number of benzene rings is 2. The van der Waals surface area contributed by atoms with Crippen LogP contribution in [-0.2, 0) is 0 Å². The highest BCUT2D eigenvalue weighted by molar-refractivity contribution is 6.22. The average molecular weight is 345 g/mol. The van der Waals surface area contributed by atoms with Gasteiger partial charge >= 0.3 is 0 Å². The fraction of sp³-hybridized carbons (Fsp3) is 0.391. The van der Waals surface area contributed by atoms with Gasteiger partial charge in [-0.1, -0.05) is 36.8 Å². The third kappa shape index (κ3) is 2.33. The van der Waals surface area contributed by atoms with E-state index in [2.05, 4.69) is 12.2 Å². The molecule has 1 amide bonds. The van der Waals surface area contributed by atoms with Crippen LogP contribution in [0.1, 0.15) is 58.9 Å². The van der Waals surface area contributed by atoms with Crippen molar-refractivity contribution in [3.8, 4) is 11.1 Å². The smallest absolute Gasteiger partial charge is 0.251 e. The van der Waals surface area contributed by atoms with E-state index in [1.165, 1.54) is 25.7 Å². The summed E-state index contributed by atoms with van der Waals surface area (Å²) in [7, 11) is 0. The summed E-state index contributed by atoms with van der Waals surface area (Å²) in [5.41, 5.74) is 3.86. The first-order valence-corrected chi connectivity index (χ1v) is 9.71. The van der Waals surface area contributed by atoms with Crippen LogP contribution in [0.4, 0.5) is 0 Å². The first-order chi connectivity index (χ1) is 12.6. The fourth-order valence-corrected chi connectivity index (χ4v) is 5.47. The molecule has 0 radical (unpaired) electrons. The molecule has 1 N–H and O–H groups in total. The Kier molecular flexibility index (Phi) is 3.53. The van der Waals surface area contributed by atoms with Crippen LogP contribution in [0.3, 0.4) is 0 Å². The predicted molar refractivity (Wildman–Crippen MR) is 101 cm³/mol. The molecule has 5 rings (SSSR count). The summed E-state index contributed by atoms with van der Waals surface area (Å²) < 4.78 is 0. The van der Waals surface area contributed by atoms with Crippen LogP contribution in [0.5, 0.6) is 0 Å². The van der Waals surface area contributed by atoms with Gasteiger partial charge in [-0.15, -0.1) is 0 Å². The molecule has 0 heterocycles. The van der Waals surface area contributed by atoms with Gasteiger partial charge in [0.15, 0.2) is 5.78 Å². The van der Waals surface area contributed by atoms with Gasteiger partial charge in [-0.25, -0.2) is 0 Å². The maximum absolute atomic E-state index is 12.8. The van der Waals surface area contributed by atoms with Crippen molar-refractivity contribution < 1.29 is 9.59 Å². The number of fused-ring (bicyclic) bond motifs is 5. The molecule has 3 aliphatic carbocycles. The molecule has 4 atom stereocenters. The Morgan fingerprint density at radius 3 is 2.50 bits per heavy atom. The number of hydrogen-bond acceptors (Lipinski definition) is 2. The summed E-state index contributed by atoms with van der Waals surface area (Å²) in [4.78, 5) is 25.4.